The highest BCUT2D eigenvalue weighted by atomic mass is 35.5. The number of hydrogen-bond donors (Lipinski definition) is 0. The van der Waals surface area contributed by atoms with Gasteiger partial charge in [-0.2, -0.15) is 0 Å². The van der Waals surface area contributed by atoms with Gasteiger partial charge in [0, 0.05) is 47.8 Å². The second-order valence-corrected chi connectivity index (χ2v) is 7.19. The summed E-state index contributed by atoms with van der Waals surface area (Å²) in [7, 11) is 1.99. The molecule has 0 aliphatic carbocycles. The lowest BCUT2D eigenvalue weighted by atomic mass is 10.2. The standard InChI is InChI=1S/C21H16N4O2S.ClH/c1-25(15-6-7-17-18(10-15)27-13-26-17)21-16(19-5-3-9-28-19)12-23-20(24-21)14-4-2-8-22-11-14;/h2-12H,13H2,1H3;1H. The summed E-state index contributed by atoms with van der Waals surface area (Å²) in [6, 6.07) is 13.8. The van der Waals surface area contributed by atoms with Crippen molar-refractivity contribution >= 4 is 35.2 Å². The zero-order valence-corrected chi connectivity index (χ0v) is 17.1. The fourth-order valence-electron chi connectivity index (χ4n) is 3.08. The van der Waals surface area contributed by atoms with Crippen LogP contribution in [-0.2, 0) is 0 Å². The van der Waals surface area contributed by atoms with Gasteiger partial charge in [-0.1, -0.05) is 6.07 Å². The van der Waals surface area contributed by atoms with Gasteiger partial charge >= 0.3 is 0 Å². The number of halogens is 1. The molecule has 5 rings (SSSR count). The summed E-state index contributed by atoms with van der Waals surface area (Å²) < 4.78 is 11.0. The Morgan fingerprint density at radius 3 is 2.72 bits per heavy atom. The maximum Gasteiger partial charge on any atom is 0.231 e. The summed E-state index contributed by atoms with van der Waals surface area (Å²) >= 11 is 1.66. The number of anilines is 2. The van der Waals surface area contributed by atoms with Gasteiger partial charge in [0.2, 0.25) is 6.79 Å². The van der Waals surface area contributed by atoms with Crippen molar-refractivity contribution in [3.8, 4) is 33.3 Å². The number of ether oxygens (including phenoxy) is 2. The van der Waals surface area contributed by atoms with Gasteiger partial charge in [-0.3, -0.25) is 4.98 Å². The molecule has 29 heavy (non-hydrogen) atoms. The fourth-order valence-corrected chi connectivity index (χ4v) is 3.82. The van der Waals surface area contributed by atoms with Crippen molar-refractivity contribution in [1.29, 1.82) is 0 Å². The minimum Gasteiger partial charge on any atom is -0.454 e. The van der Waals surface area contributed by atoms with Gasteiger partial charge in [0.15, 0.2) is 17.3 Å². The minimum absolute atomic E-state index is 0. The predicted octanol–water partition coefficient (Wildman–Crippen LogP) is 5.19. The molecule has 0 atom stereocenters. The largest absolute Gasteiger partial charge is 0.454 e. The first-order valence-electron chi connectivity index (χ1n) is 8.74. The number of aromatic nitrogens is 3. The van der Waals surface area contributed by atoms with Crippen LogP contribution in [0, 0.1) is 0 Å². The van der Waals surface area contributed by atoms with Crippen LogP contribution in [0.1, 0.15) is 0 Å². The maximum absolute atomic E-state index is 5.53. The molecule has 1 aliphatic rings. The summed E-state index contributed by atoms with van der Waals surface area (Å²) in [6.45, 7) is 0.252. The Kier molecular flexibility index (Phi) is 5.33. The molecule has 6 nitrogen and oxygen atoms in total. The first-order valence-corrected chi connectivity index (χ1v) is 9.62. The number of benzene rings is 1. The van der Waals surface area contributed by atoms with Crippen molar-refractivity contribution in [2.75, 3.05) is 18.7 Å². The lowest BCUT2D eigenvalue weighted by molar-refractivity contribution is 0.174. The summed E-state index contributed by atoms with van der Waals surface area (Å²) in [4.78, 5) is 16.8. The van der Waals surface area contributed by atoms with E-state index < -0.39 is 0 Å². The highest BCUT2D eigenvalue weighted by Gasteiger charge is 2.19. The first kappa shape index (κ1) is 19.2. The quantitative estimate of drug-likeness (QED) is 0.449. The summed E-state index contributed by atoms with van der Waals surface area (Å²) in [5, 5.41) is 2.05. The van der Waals surface area contributed by atoms with Crippen LogP contribution in [0.2, 0.25) is 0 Å². The van der Waals surface area contributed by atoms with Crippen LogP contribution in [0.25, 0.3) is 21.8 Å². The van der Waals surface area contributed by atoms with E-state index in [4.69, 9.17) is 14.5 Å². The molecule has 3 aromatic heterocycles. The molecule has 1 aliphatic heterocycles. The van der Waals surface area contributed by atoms with Crippen LogP contribution in [0.15, 0.2) is 66.4 Å². The van der Waals surface area contributed by atoms with E-state index in [0.29, 0.717) is 5.82 Å². The Morgan fingerprint density at radius 1 is 1.03 bits per heavy atom. The van der Waals surface area contributed by atoms with E-state index in [0.717, 1.165) is 39.0 Å². The third-order valence-corrected chi connectivity index (χ3v) is 5.44. The van der Waals surface area contributed by atoms with E-state index in [1.807, 2.05) is 54.5 Å². The number of nitrogens with zero attached hydrogens (tertiary/aromatic N) is 4. The Bertz CT molecular complexity index is 1120. The average molecular weight is 425 g/mol. The lowest BCUT2D eigenvalue weighted by Gasteiger charge is -2.22. The van der Waals surface area contributed by atoms with Crippen molar-refractivity contribution in [3.05, 3.63) is 66.4 Å². The fraction of sp³-hybridized carbons (Fsp3) is 0.0952. The van der Waals surface area contributed by atoms with Gasteiger partial charge in [0.1, 0.15) is 5.82 Å². The minimum atomic E-state index is 0. The molecule has 8 heteroatoms. The molecule has 1 aromatic carbocycles. The smallest absolute Gasteiger partial charge is 0.231 e. The van der Waals surface area contributed by atoms with E-state index in [-0.39, 0.29) is 19.2 Å². The zero-order chi connectivity index (χ0) is 18.9. The van der Waals surface area contributed by atoms with E-state index in [1.54, 1.807) is 23.7 Å². The third-order valence-electron chi connectivity index (χ3n) is 4.54. The molecular formula is C21H17ClN4O2S. The average Bonchev–Trinajstić information content (AvgIpc) is 3.45. The van der Waals surface area contributed by atoms with Gasteiger partial charge in [0.05, 0.1) is 5.56 Å². The molecule has 4 aromatic rings. The van der Waals surface area contributed by atoms with Crippen LogP contribution in [0.3, 0.4) is 0 Å². The molecule has 0 N–H and O–H groups in total. The molecule has 146 valence electrons. The Morgan fingerprint density at radius 2 is 1.93 bits per heavy atom. The van der Waals surface area contributed by atoms with E-state index >= 15 is 0 Å². The van der Waals surface area contributed by atoms with Crippen molar-refractivity contribution < 1.29 is 9.47 Å². The molecule has 0 saturated heterocycles. The molecule has 0 spiro atoms. The monoisotopic (exact) mass is 424 g/mol. The molecule has 0 saturated carbocycles. The predicted molar refractivity (Wildman–Crippen MR) is 116 cm³/mol. The third kappa shape index (κ3) is 3.62. The Balaban J connectivity index is 0.00000205. The van der Waals surface area contributed by atoms with Crippen molar-refractivity contribution in [2.45, 2.75) is 0 Å². The van der Waals surface area contributed by atoms with Crippen molar-refractivity contribution in [2.24, 2.45) is 0 Å². The van der Waals surface area contributed by atoms with Crippen LogP contribution in [0.4, 0.5) is 11.5 Å². The van der Waals surface area contributed by atoms with Gasteiger partial charge in [-0.05, 0) is 35.7 Å². The maximum atomic E-state index is 5.53. The van der Waals surface area contributed by atoms with Crippen LogP contribution in [-0.4, -0.2) is 28.8 Å². The van der Waals surface area contributed by atoms with Gasteiger partial charge in [-0.25, -0.2) is 9.97 Å². The molecule has 0 bridgehead atoms. The SMILES string of the molecule is CN(c1ccc2c(c1)OCO2)c1nc(-c2cccnc2)ncc1-c1cccs1.Cl. The van der Waals surface area contributed by atoms with Crippen LogP contribution < -0.4 is 14.4 Å². The van der Waals surface area contributed by atoms with E-state index in [1.165, 1.54) is 0 Å². The number of hydrogen-bond acceptors (Lipinski definition) is 7. The van der Waals surface area contributed by atoms with Crippen LogP contribution >= 0.6 is 23.7 Å². The Labute approximate surface area is 178 Å². The molecule has 0 radical (unpaired) electrons. The van der Waals surface area contributed by atoms with E-state index in [2.05, 4.69) is 21.4 Å². The number of fused-ring (bicyclic) bond motifs is 1. The molecular weight excluding hydrogens is 408 g/mol. The van der Waals surface area contributed by atoms with Gasteiger partial charge < -0.3 is 14.4 Å². The zero-order valence-electron chi connectivity index (χ0n) is 15.5. The van der Waals surface area contributed by atoms with Gasteiger partial charge in [-0.15, -0.1) is 23.7 Å². The van der Waals surface area contributed by atoms with Crippen molar-refractivity contribution in [1.82, 2.24) is 15.0 Å². The molecule has 0 unspecified atom stereocenters. The van der Waals surface area contributed by atoms with E-state index in [9.17, 15) is 0 Å². The number of rotatable bonds is 4. The first-order chi connectivity index (χ1) is 13.8. The van der Waals surface area contributed by atoms with Gasteiger partial charge in [0.25, 0.3) is 0 Å². The topological polar surface area (TPSA) is 60.4 Å². The second-order valence-electron chi connectivity index (χ2n) is 6.25. The normalized spacial score (nSPS) is 11.8. The number of pyridine rings is 1. The number of thiophene rings is 1. The Hall–Kier alpha value is -3.16. The second kappa shape index (κ2) is 8.06. The summed E-state index contributed by atoms with van der Waals surface area (Å²) in [5.41, 5.74) is 2.81. The van der Waals surface area contributed by atoms with Crippen molar-refractivity contribution in [3.63, 3.8) is 0 Å². The lowest BCUT2D eigenvalue weighted by Crippen LogP contribution is -2.13. The highest BCUT2D eigenvalue weighted by molar-refractivity contribution is 7.13. The molecule has 0 fully saturated rings. The molecule has 4 heterocycles. The molecule has 0 amide bonds. The summed E-state index contributed by atoms with van der Waals surface area (Å²) in [5.74, 6) is 2.95. The summed E-state index contributed by atoms with van der Waals surface area (Å²) in [6.07, 6.45) is 5.38. The highest BCUT2D eigenvalue weighted by Crippen LogP contribution is 2.40. The van der Waals surface area contributed by atoms with Crippen LogP contribution in [0.5, 0.6) is 11.5 Å².